The van der Waals surface area contributed by atoms with Crippen molar-refractivity contribution in [1.82, 2.24) is 5.43 Å². The zero-order valence-corrected chi connectivity index (χ0v) is 12.9. The Bertz CT molecular complexity index is 890. The van der Waals surface area contributed by atoms with E-state index in [-0.39, 0.29) is 18.2 Å². The van der Waals surface area contributed by atoms with Crippen molar-refractivity contribution < 1.29 is 9.90 Å². The van der Waals surface area contributed by atoms with Crippen LogP contribution in [-0.4, -0.2) is 23.8 Å². The number of anilines is 1. The third-order valence-corrected chi connectivity index (χ3v) is 3.53. The van der Waals surface area contributed by atoms with Crippen LogP contribution in [0.3, 0.4) is 0 Å². The summed E-state index contributed by atoms with van der Waals surface area (Å²) in [5.41, 5.74) is 3.83. The molecule has 3 rings (SSSR count). The third-order valence-electron chi connectivity index (χ3n) is 3.53. The molecule has 0 unspecified atom stereocenters. The maximum absolute atomic E-state index is 11.8. The number of fused-ring (bicyclic) bond motifs is 1. The van der Waals surface area contributed by atoms with Gasteiger partial charge in [0.1, 0.15) is 5.75 Å². The van der Waals surface area contributed by atoms with Crippen LogP contribution >= 0.6 is 0 Å². The summed E-state index contributed by atoms with van der Waals surface area (Å²) in [6.07, 6.45) is 1.41. The normalized spacial score (nSPS) is 10.8. The van der Waals surface area contributed by atoms with Gasteiger partial charge in [0.2, 0.25) is 0 Å². The number of nitrogens with zero attached hydrogens (tertiary/aromatic N) is 1. The molecule has 5 heteroatoms. The van der Waals surface area contributed by atoms with Crippen LogP contribution < -0.4 is 10.7 Å². The number of aromatic hydroxyl groups is 1. The summed E-state index contributed by atoms with van der Waals surface area (Å²) in [6.45, 7) is 0.108. The molecule has 0 aliphatic rings. The van der Waals surface area contributed by atoms with Gasteiger partial charge in [-0.25, -0.2) is 5.43 Å². The predicted octanol–water partition coefficient (Wildman–Crippen LogP) is 3.11. The van der Waals surface area contributed by atoms with E-state index in [0.29, 0.717) is 5.56 Å². The van der Waals surface area contributed by atoms with E-state index < -0.39 is 0 Å². The SMILES string of the molecule is O=C(CNc1ccc2ccccc2c1)N/N=C/c1ccccc1O. The lowest BCUT2D eigenvalue weighted by molar-refractivity contribution is -0.119. The molecule has 3 aromatic rings. The topological polar surface area (TPSA) is 73.7 Å². The second-order valence-corrected chi connectivity index (χ2v) is 5.27. The van der Waals surface area contributed by atoms with E-state index in [0.717, 1.165) is 16.5 Å². The summed E-state index contributed by atoms with van der Waals surface area (Å²) >= 11 is 0. The van der Waals surface area contributed by atoms with Crippen molar-refractivity contribution >= 4 is 28.6 Å². The minimum Gasteiger partial charge on any atom is -0.507 e. The highest BCUT2D eigenvalue weighted by Gasteiger charge is 2.01. The Balaban J connectivity index is 1.54. The molecule has 0 atom stereocenters. The van der Waals surface area contributed by atoms with E-state index in [4.69, 9.17) is 0 Å². The number of carbonyl (C=O) groups is 1. The zero-order valence-electron chi connectivity index (χ0n) is 12.9. The summed E-state index contributed by atoms with van der Waals surface area (Å²) in [6, 6.07) is 20.7. The molecule has 0 radical (unpaired) electrons. The van der Waals surface area contributed by atoms with Crippen LogP contribution in [-0.2, 0) is 4.79 Å². The number of hydrazone groups is 1. The quantitative estimate of drug-likeness (QED) is 0.500. The molecule has 1 amide bonds. The first kappa shape index (κ1) is 15.6. The number of para-hydroxylation sites is 1. The molecule has 24 heavy (non-hydrogen) atoms. The number of amides is 1. The number of carbonyl (C=O) groups excluding carboxylic acids is 1. The molecule has 0 aromatic heterocycles. The number of rotatable bonds is 5. The highest BCUT2D eigenvalue weighted by atomic mass is 16.3. The van der Waals surface area contributed by atoms with E-state index in [1.807, 2.05) is 42.5 Å². The number of hydrogen-bond acceptors (Lipinski definition) is 4. The van der Waals surface area contributed by atoms with Gasteiger partial charge < -0.3 is 10.4 Å². The van der Waals surface area contributed by atoms with Crippen molar-refractivity contribution in [3.8, 4) is 5.75 Å². The molecule has 0 saturated heterocycles. The van der Waals surface area contributed by atoms with Gasteiger partial charge in [0.25, 0.3) is 5.91 Å². The third kappa shape index (κ3) is 3.89. The van der Waals surface area contributed by atoms with Gasteiger partial charge in [-0.05, 0) is 35.0 Å². The molecular formula is C19H17N3O2. The summed E-state index contributed by atoms with van der Waals surface area (Å²) in [7, 11) is 0. The van der Waals surface area contributed by atoms with Crippen molar-refractivity contribution in [3.63, 3.8) is 0 Å². The molecule has 3 aromatic carbocycles. The van der Waals surface area contributed by atoms with Crippen molar-refractivity contribution in [1.29, 1.82) is 0 Å². The van der Waals surface area contributed by atoms with Crippen molar-refractivity contribution in [2.75, 3.05) is 11.9 Å². The Hall–Kier alpha value is -3.34. The lowest BCUT2D eigenvalue weighted by atomic mass is 10.1. The van der Waals surface area contributed by atoms with E-state index in [1.54, 1.807) is 24.3 Å². The summed E-state index contributed by atoms with van der Waals surface area (Å²) in [4.78, 5) is 11.8. The maximum Gasteiger partial charge on any atom is 0.259 e. The van der Waals surface area contributed by atoms with Crippen LogP contribution in [0.1, 0.15) is 5.56 Å². The smallest absolute Gasteiger partial charge is 0.259 e. The Kier molecular flexibility index (Phi) is 4.72. The molecule has 120 valence electrons. The lowest BCUT2D eigenvalue weighted by Gasteiger charge is -2.06. The van der Waals surface area contributed by atoms with Crippen LogP contribution in [0.5, 0.6) is 5.75 Å². The molecular weight excluding hydrogens is 302 g/mol. The maximum atomic E-state index is 11.8. The molecule has 0 heterocycles. The van der Waals surface area contributed by atoms with Crippen LogP contribution in [0.25, 0.3) is 10.8 Å². The average molecular weight is 319 g/mol. The predicted molar refractivity (Wildman–Crippen MR) is 96.3 cm³/mol. The molecule has 3 N–H and O–H groups in total. The lowest BCUT2D eigenvalue weighted by Crippen LogP contribution is -2.25. The van der Waals surface area contributed by atoms with E-state index in [1.165, 1.54) is 6.21 Å². The fraction of sp³-hybridized carbons (Fsp3) is 0.0526. The Morgan fingerprint density at radius 2 is 1.75 bits per heavy atom. The summed E-state index contributed by atoms with van der Waals surface area (Å²) in [5.74, 6) is -0.153. The number of nitrogens with one attached hydrogen (secondary N) is 2. The first-order valence-corrected chi connectivity index (χ1v) is 7.55. The van der Waals surface area contributed by atoms with E-state index >= 15 is 0 Å². The van der Waals surface area contributed by atoms with Gasteiger partial charge in [0.05, 0.1) is 12.8 Å². The first-order valence-electron chi connectivity index (χ1n) is 7.55. The van der Waals surface area contributed by atoms with Gasteiger partial charge in [-0.3, -0.25) is 4.79 Å². The van der Waals surface area contributed by atoms with Gasteiger partial charge >= 0.3 is 0 Å². The minimum absolute atomic E-state index is 0.108. The zero-order chi connectivity index (χ0) is 16.8. The van der Waals surface area contributed by atoms with Gasteiger partial charge in [0, 0.05) is 11.3 Å². The molecule has 0 aliphatic heterocycles. The van der Waals surface area contributed by atoms with Crippen LogP contribution in [0.2, 0.25) is 0 Å². The Labute approximate surface area is 139 Å². The van der Waals surface area contributed by atoms with Crippen molar-refractivity contribution in [3.05, 3.63) is 72.3 Å². The molecule has 0 fully saturated rings. The number of benzene rings is 3. The van der Waals surface area contributed by atoms with Crippen LogP contribution in [0.4, 0.5) is 5.69 Å². The second kappa shape index (κ2) is 7.28. The molecule has 0 bridgehead atoms. The van der Waals surface area contributed by atoms with Crippen LogP contribution in [0.15, 0.2) is 71.8 Å². The molecule has 5 nitrogen and oxygen atoms in total. The fourth-order valence-electron chi connectivity index (χ4n) is 2.29. The van der Waals surface area contributed by atoms with Crippen molar-refractivity contribution in [2.24, 2.45) is 5.10 Å². The molecule has 0 spiro atoms. The monoisotopic (exact) mass is 319 g/mol. The second-order valence-electron chi connectivity index (χ2n) is 5.27. The highest BCUT2D eigenvalue weighted by Crippen LogP contribution is 2.18. The standard InChI is InChI=1S/C19H17N3O2/c23-18-8-4-3-7-16(18)12-21-22-19(24)13-20-17-10-9-14-5-1-2-6-15(14)11-17/h1-12,20,23H,13H2,(H,22,24)/b21-12+. The fourth-order valence-corrected chi connectivity index (χ4v) is 2.29. The van der Waals surface area contributed by atoms with Gasteiger partial charge in [-0.15, -0.1) is 0 Å². The minimum atomic E-state index is -0.269. The number of phenols is 1. The van der Waals surface area contributed by atoms with E-state index in [2.05, 4.69) is 15.8 Å². The number of phenolic OH excluding ortho intramolecular Hbond substituents is 1. The van der Waals surface area contributed by atoms with Crippen molar-refractivity contribution in [2.45, 2.75) is 0 Å². The van der Waals surface area contributed by atoms with Gasteiger partial charge in [-0.1, -0.05) is 42.5 Å². The Morgan fingerprint density at radius 1 is 1.00 bits per heavy atom. The molecule has 0 saturated carbocycles. The van der Waals surface area contributed by atoms with E-state index in [9.17, 15) is 9.90 Å². The first-order chi connectivity index (χ1) is 11.7. The van der Waals surface area contributed by atoms with Gasteiger partial charge in [0.15, 0.2) is 0 Å². The average Bonchev–Trinajstić information content (AvgIpc) is 2.61. The summed E-state index contributed by atoms with van der Waals surface area (Å²) < 4.78 is 0. The number of hydrogen-bond donors (Lipinski definition) is 3. The summed E-state index contributed by atoms with van der Waals surface area (Å²) in [5, 5.41) is 18.8. The highest BCUT2D eigenvalue weighted by molar-refractivity contribution is 5.88. The largest absolute Gasteiger partial charge is 0.507 e. The van der Waals surface area contributed by atoms with Crippen LogP contribution in [0, 0.1) is 0 Å². The Morgan fingerprint density at radius 3 is 2.58 bits per heavy atom. The van der Waals surface area contributed by atoms with Gasteiger partial charge in [-0.2, -0.15) is 5.10 Å². The molecule has 0 aliphatic carbocycles.